The molecule has 19 heteroatoms. The molecule has 0 aromatic heterocycles. The van der Waals surface area contributed by atoms with Crippen LogP contribution in [0.5, 0.6) is 0 Å². The first-order valence-corrected chi connectivity index (χ1v) is 38.0. The monoisotopic (exact) mass is 1350 g/mol. The number of unbranched alkanes of at least 4 members (excludes halogenated alkanes) is 33. The highest BCUT2D eigenvalue weighted by Crippen LogP contribution is 2.33. The van der Waals surface area contributed by atoms with Gasteiger partial charge in [0.25, 0.3) is 0 Å². The largest absolute Gasteiger partial charge is 0.394 e. The molecule has 3 heterocycles. The summed E-state index contributed by atoms with van der Waals surface area (Å²) < 4.78 is 34.4. The lowest BCUT2D eigenvalue weighted by molar-refractivity contribution is -0.379. The number of rotatable bonds is 59. The van der Waals surface area contributed by atoms with Crippen molar-refractivity contribution in [3.63, 3.8) is 0 Å². The van der Waals surface area contributed by atoms with Crippen LogP contribution in [0.4, 0.5) is 0 Å². The van der Waals surface area contributed by atoms with Crippen molar-refractivity contribution in [3.05, 3.63) is 60.8 Å². The van der Waals surface area contributed by atoms with E-state index in [0.717, 1.165) is 77.0 Å². The van der Waals surface area contributed by atoms with Crippen LogP contribution in [0.25, 0.3) is 0 Å². The number of aliphatic hydroxyl groups is 11. The summed E-state index contributed by atoms with van der Waals surface area (Å²) in [5.74, 6) is -0.273. The van der Waals surface area contributed by atoms with E-state index in [4.69, 9.17) is 28.4 Å². The number of amides is 1. The molecule has 19 nitrogen and oxygen atoms in total. The van der Waals surface area contributed by atoms with Crippen LogP contribution in [0.2, 0.25) is 0 Å². The summed E-state index contributed by atoms with van der Waals surface area (Å²) in [4.78, 5) is 13.4. The summed E-state index contributed by atoms with van der Waals surface area (Å²) in [6.45, 7) is 1.68. The number of allylic oxidation sites excluding steroid dienone is 10. The third-order valence-corrected chi connectivity index (χ3v) is 18.9. The molecule has 12 N–H and O–H groups in total. The minimum atomic E-state index is -1.98. The topological polar surface area (TPSA) is 307 Å². The Morgan fingerprint density at radius 2 is 0.726 bits per heavy atom. The molecule has 3 aliphatic heterocycles. The lowest BCUT2D eigenvalue weighted by Crippen LogP contribution is -2.66. The van der Waals surface area contributed by atoms with Crippen molar-refractivity contribution in [2.75, 3.05) is 26.4 Å². The predicted molar refractivity (Wildman–Crippen MR) is 374 cm³/mol. The van der Waals surface area contributed by atoms with Gasteiger partial charge < -0.3 is 89.9 Å². The van der Waals surface area contributed by atoms with E-state index in [1.807, 2.05) is 0 Å². The number of hydrogen-bond donors (Lipinski definition) is 12. The second-order valence-corrected chi connectivity index (χ2v) is 27.1. The Labute approximate surface area is 573 Å². The highest BCUT2D eigenvalue weighted by Gasteiger charge is 2.53. The molecule has 17 unspecified atom stereocenters. The summed E-state index contributed by atoms with van der Waals surface area (Å²) in [6, 6.07) is -0.910. The molecule has 3 fully saturated rings. The van der Waals surface area contributed by atoms with Gasteiger partial charge in [-0.15, -0.1) is 0 Å². The smallest absolute Gasteiger partial charge is 0.220 e. The molecule has 17 atom stereocenters. The minimum Gasteiger partial charge on any atom is -0.394 e. The number of ether oxygens (including phenoxy) is 6. The van der Waals surface area contributed by atoms with Crippen molar-refractivity contribution in [2.45, 2.75) is 388 Å². The fraction of sp³-hybridized carbons (Fsp3) is 0.855. The average Bonchev–Trinajstić information content (AvgIpc) is 0.787. The van der Waals surface area contributed by atoms with Gasteiger partial charge in [-0.25, -0.2) is 0 Å². The number of hydrogen-bond acceptors (Lipinski definition) is 18. The van der Waals surface area contributed by atoms with Crippen molar-refractivity contribution in [2.24, 2.45) is 0 Å². The highest BCUT2D eigenvalue weighted by molar-refractivity contribution is 5.76. The van der Waals surface area contributed by atoms with Gasteiger partial charge in [-0.2, -0.15) is 0 Å². The van der Waals surface area contributed by atoms with E-state index in [2.05, 4.69) is 79.9 Å². The first-order valence-electron chi connectivity index (χ1n) is 38.0. The van der Waals surface area contributed by atoms with Crippen molar-refractivity contribution in [1.29, 1.82) is 0 Å². The molecule has 0 bridgehead atoms. The van der Waals surface area contributed by atoms with E-state index in [1.54, 1.807) is 0 Å². The van der Waals surface area contributed by atoms with Gasteiger partial charge in [0, 0.05) is 6.42 Å². The number of aliphatic hydroxyl groups excluding tert-OH is 11. The number of nitrogens with one attached hydrogen (secondary N) is 1. The van der Waals surface area contributed by atoms with Crippen molar-refractivity contribution >= 4 is 5.91 Å². The SMILES string of the molecule is CC/C=C\C/C=C\C/C=C\C/C=C\C/C=C\CCCCCC(=O)NC(COC1OC(CO)C(OC2OC(CO)C(OC3OC(CO)C(O)C(O)C3O)C(O)C2O)C(O)C1O)C(O)CCCCCCCCCCCCCCCCCCCCCCCCCCCCCCCCC. The zero-order valence-corrected chi connectivity index (χ0v) is 58.9. The van der Waals surface area contributed by atoms with Crippen molar-refractivity contribution in [1.82, 2.24) is 5.32 Å². The average molecular weight is 1350 g/mol. The molecule has 3 saturated heterocycles. The summed E-state index contributed by atoms with van der Waals surface area (Å²) in [6.07, 6.45) is 44.6. The van der Waals surface area contributed by atoms with Gasteiger partial charge in [0.2, 0.25) is 5.91 Å². The fourth-order valence-electron chi connectivity index (χ4n) is 12.8. The van der Waals surface area contributed by atoms with Gasteiger partial charge in [-0.1, -0.05) is 280 Å². The van der Waals surface area contributed by atoms with Crippen LogP contribution in [0.15, 0.2) is 60.8 Å². The van der Waals surface area contributed by atoms with Crippen LogP contribution < -0.4 is 5.32 Å². The second kappa shape index (κ2) is 57.2. The molecular formula is C76H137NO18. The van der Waals surface area contributed by atoms with Gasteiger partial charge in [0.1, 0.15) is 73.2 Å². The summed E-state index contributed by atoms with van der Waals surface area (Å²) in [7, 11) is 0. The standard InChI is InChI=1S/C76H137NO18/c1-3-5-7-9-11-13-15-17-19-21-23-24-25-26-27-28-29-30-31-32-33-34-36-37-39-41-43-45-47-49-51-53-60(81)59(77-64(82)54-52-50-48-46-44-42-40-38-35-22-20-18-16-14-12-10-8-6-4-2)58-90-74-70(88)67(85)72(62(56-79)92-74)95-76-71(89)68(86)73(63(57-80)93-76)94-75-69(87)66(84)65(83)61(55-78)91-75/h6,8,12,14,18,20,35,38,42,44,59-63,65-76,78-81,83-89H,3-5,7,9-11,13,15-17,19,21-34,36-37,39-41,43,45-58H2,1-2H3,(H,77,82)/b8-6-,14-12-,20-18-,38-35-,44-42-. The third-order valence-electron chi connectivity index (χ3n) is 18.9. The second-order valence-electron chi connectivity index (χ2n) is 27.1. The Morgan fingerprint density at radius 3 is 1.13 bits per heavy atom. The molecule has 0 aromatic rings. The Balaban J connectivity index is 1.38. The van der Waals surface area contributed by atoms with Crippen LogP contribution in [0, 0.1) is 0 Å². The van der Waals surface area contributed by atoms with Crippen molar-refractivity contribution in [3.8, 4) is 0 Å². The normalized spacial score (nSPS) is 27.5. The van der Waals surface area contributed by atoms with Gasteiger partial charge in [0.15, 0.2) is 18.9 Å². The van der Waals surface area contributed by atoms with Gasteiger partial charge >= 0.3 is 0 Å². The van der Waals surface area contributed by atoms with E-state index >= 15 is 0 Å². The van der Waals surface area contributed by atoms with Gasteiger partial charge in [0.05, 0.1) is 38.6 Å². The first-order chi connectivity index (χ1) is 46.3. The Bertz CT molecular complexity index is 1950. The molecule has 0 saturated carbocycles. The molecule has 0 radical (unpaired) electrons. The minimum absolute atomic E-state index is 0.225. The molecule has 0 aromatic carbocycles. The van der Waals surface area contributed by atoms with Crippen LogP contribution >= 0.6 is 0 Å². The highest BCUT2D eigenvalue weighted by atomic mass is 16.8. The van der Waals surface area contributed by atoms with Crippen LogP contribution in [0.1, 0.15) is 284 Å². The zero-order chi connectivity index (χ0) is 68.9. The summed E-state index contributed by atoms with van der Waals surface area (Å²) in [5, 5.41) is 121. The van der Waals surface area contributed by atoms with Gasteiger partial charge in [-0.05, 0) is 57.8 Å². The molecule has 95 heavy (non-hydrogen) atoms. The van der Waals surface area contributed by atoms with Gasteiger partial charge in [-0.3, -0.25) is 4.79 Å². The Kier molecular flexibility index (Phi) is 52.2. The maximum absolute atomic E-state index is 13.4. The molecule has 3 aliphatic rings. The van der Waals surface area contributed by atoms with E-state index in [9.17, 15) is 61.0 Å². The van der Waals surface area contributed by atoms with E-state index in [0.29, 0.717) is 12.8 Å². The maximum atomic E-state index is 13.4. The molecule has 0 spiro atoms. The lowest BCUT2D eigenvalue weighted by Gasteiger charge is -2.48. The molecular weight excluding hydrogens is 1210 g/mol. The first kappa shape index (κ1) is 86.7. The maximum Gasteiger partial charge on any atom is 0.220 e. The van der Waals surface area contributed by atoms with E-state index in [-0.39, 0.29) is 18.9 Å². The third kappa shape index (κ3) is 38.2. The molecule has 554 valence electrons. The van der Waals surface area contributed by atoms with Crippen LogP contribution in [-0.2, 0) is 33.2 Å². The quantitative estimate of drug-likeness (QED) is 0.0199. The van der Waals surface area contributed by atoms with Crippen LogP contribution in [0.3, 0.4) is 0 Å². The Hall–Kier alpha value is -2.51. The summed E-state index contributed by atoms with van der Waals surface area (Å²) >= 11 is 0. The van der Waals surface area contributed by atoms with E-state index in [1.165, 1.54) is 173 Å². The predicted octanol–water partition coefficient (Wildman–Crippen LogP) is 11.5. The molecule has 0 aliphatic carbocycles. The molecule has 1 amide bonds. The lowest BCUT2D eigenvalue weighted by atomic mass is 9.96. The summed E-state index contributed by atoms with van der Waals surface area (Å²) in [5.41, 5.74) is 0. The number of carbonyl (C=O) groups is 1. The molecule has 3 rings (SSSR count). The van der Waals surface area contributed by atoms with Crippen LogP contribution in [-0.4, -0.2) is 193 Å². The zero-order valence-electron chi connectivity index (χ0n) is 58.9. The van der Waals surface area contributed by atoms with Crippen molar-refractivity contribution < 1.29 is 89.4 Å². The Morgan fingerprint density at radius 1 is 0.389 bits per heavy atom. The fourth-order valence-corrected chi connectivity index (χ4v) is 12.8. The number of carbonyl (C=O) groups excluding carboxylic acids is 1. The van der Waals surface area contributed by atoms with E-state index < -0.39 is 124 Å².